The molecule has 11 rings (SSSR count). The molecule has 3 saturated heterocycles. The van der Waals surface area contributed by atoms with E-state index in [-0.39, 0.29) is 41.7 Å². The third-order valence-electron chi connectivity index (χ3n) is 14.7. The molecule has 3 aromatic heterocycles. The smallest absolute Gasteiger partial charge is 0.322 e. The summed E-state index contributed by atoms with van der Waals surface area (Å²) in [5, 5.41) is 20.6. The summed E-state index contributed by atoms with van der Waals surface area (Å²) in [4.78, 5) is 73.3. The zero-order valence-electron chi connectivity index (χ0n) is 39.9. The number of hydrogen-bond acceptors (Lipinski definition) is 14. The van der Waals surface area contributed by atoms with Crippen LogP contribution in [0.15, 0.2) is 83.3 Å². The van der Waals surface area contributed by atoms with E-state index in [4.69, 9.17) is 19.7 Å². The summed E-state index contributed by atoms with van der Waals surface area (Å²) in [5.41, 5.74) is 6.18. The molecule has 0 bridgehead atoms. The molecule has 0 spiro atoms. The number of anilines is 3. The predicted octanol–water partition coefficient (Wildman–Crippen LogP) is 6.65. The van der Waals surface area contributed by atoms with Crippen LogP contribution in [0.5, 0.6) is 6.01 Å². The second-order valence-corrected chi connectivity index (χ2v) is 19.5. The van der Waals surface area contributed by atoms with Gasteiger partial charge < -0.3 is 25.2 Å². The topological polar surface area (TPSA) is 195 Å². The fourth-order valence-corrected chi connectivity index (χ4v) is 10.7. The molecule has 18 nitrogen and oxygen atoms in total. The number of halogens is 1. The summed E-state index contributed by atoms with van der Waals surface area (Å²) in [5.74, 6) is -2.20. The number of ether oxygens (including phenoxy) is 1. The first-order chi connectivity index (χ1) is 34.6. The highest BCUT2D eigenvalue weighted by Gasteiger charge is 2.45. The number of carbonyl (C=O) groups excluding carboxylic acids is 4. The van der Waals surface area contributed by atoms with Crippen LogP contribution in [0, 0.1) is 11.7 Å². The average Bonchev–Trinajstić information content (AvgIpc) is 3.87. The largest absolute Gasteiger partial charge is 0.459 e. The molecular weight excluding hydrogens is 906 g/mol. The summed E-state index contributed by atoms with van der Waals surface area (Å²) >= 11 is 0. The standard InChI is InChI=1S/C52H56FN13O5/c1-31(2)41-29-57-66-47(41)58-52(71-36-7-5-16-54-28-36)59-51(66)56-27-34-6-3-4-8-37(34)46-38-10-9-35(24-33(38)13-17-55-46)63-18-14-32(15-19-63)30-62-20-22-64(23-21-62)44-26-40-39(25-42(44)53)49(69)65(50(40)70)43-11-12-45(67)60-61-48(43)68/h3-4,6,8-10,13,17,24-26,29,31-32,36,43,54H,5,7,11-12,14-16,18-23,27-28,30H2,1-2H3,(H,56,58,59)/t36-,43?/m1/s1. The number of nitrogens with zero attached hydrogens (tertiary/aromatic N) is 11. The van der Waals surface area contributed by atoms with E-state index in [1.54, 1.807) is 4.52 Å². The lowest BCUT2D eigenvalue weighted by molar-refractivity contribution is -0.122. The van der Waals surface area contributed by atoms with Gasteiger partial charge in [0.2, 0.25) is 5.95 Å². The predicted molar refractivity (Wildman–Crippen MR) is 264 cm³/mol. The number of amides is 4. The summed E-state index contributed by atoms with van der Waals surface area (Å²) in [6, 6.07) is 18.7. The highest BCUT2D eigenvalue weighted by atomic mass is 19.1. The molecule has 3 fully saturated rings. The van der Waals surface area contributed by atoms with Crippen LogP contribution in [-0.4, -0.2) is 129 Å². The summed E-state index contributed by atoms with van der Waals surface area (Å²) in [7, 11) is 0. The summed E-state index contributed by atoms with van der Waals surface area (Å²) in [6.07, 6.45) is 7.65. The minimum atomic E-state index is -1.26. The van der Waals surface area contributed by atoms with Crippen LogP contribution in [0.3, 0.4) is 0 Å². The number of pyridine rings is 1. The van der Waals surface area contributed by atoms with Crippen LogP contribution in [0.25, 0.3) is 27.7 Å². The van der Waals surface area contributed by atoms with Gasteiger partial charge in [0.15, 0.2) is 5.65 Å². The molecule has 6 aromatic rings. The molecule has 0 aliphatic carbocycles. The molecule has 366 valence electrons. The van der Waals surface area contributed by atoms with Crippen molar-refractivity contribution in [3.8, 4) is 17.3 Å². The number of piperidine rings is 2. The van der Waals surface area contributed by atoms with Crippen LogP contribution in [0.4, 0.5) is 21.7 Å². The van der Waals surface area contributed by atoms with E-state index >= 15 is 4.39 Å². The van der Waals surface area contributed by atoms with E-state index in [9.17, 15) is 19.2 Å². The molecule has 8 heterocycles. The Kier molecular flexibility index (Phi) is 12.7. The molecule has 2 N–H and O–H groups in total. The second-order valence-electron chi connectivity index (χ2n) is 19.5. The minimum Gasteiger partial charge on any atom is -0.459 e. The van der Waals surface area contributed by atoms with Gasteiger partial charge in [0.1, 0.15) is 18.0 Å². The molecule has 71 heavy (non-hydrogen) atoms. The van der Waals surface area contributed by atoms with Crippen molar-refractivity contribution in [1.82, 2.24) is 39.7 Å². The molecule has 1 unspecified atom stereocenters. The van der Waals surface area contributed by atoms with Crippen LogP contribution in [0.2, 0.25) is 0 Å². The number of fused-ring (bicyclic) bond motifs is 3. The molecule has 4 amide bonds. The quantitative estimate of drug-likeness (QED) is 0.124. The van der Waals surface area contributed by atoms with Gasteiger partial charge >= 0.3 is 6.01 Å². The van der Waals surface area contributed by atoms with E-state index in [1.165, 1.54) is 11.8 Å². The number of hydrogen-bond donors (Lipinski definition) is 2. The van der Waals surface area contributed by atoms with Gasteiger partial charge in [-0.05, 0) is 91.8 Å². The van der Waals surface area contributed by atoms with E-state index < -0.39 is 35.5 Å². The monoisotopic (exact) mass is 961 g/mol. The third kappa shape index (κ3) is 9.19. The van der Waals surface area contributed by atoms with Crippen molar-refractivity contribution < 1.29 is 28.3 Å². The van der Waals surface area contributed by atoms with Crippen molar-refractivity contribution in [3.63, 3.8) is 0 Å². The molecular formula is C52H56FN13O5. The Balaban J connectivity index is 0.714. The van der Waals surface area contributed by atoms with Gasteiger partial charge in [0.05, 0.1) is 28.7 Å². The Hall–Kier alpha value is -7.25. The van der Waals surface area contributed by atoms with Crippen molar-refractivity contribution in [2.75, 3.05) is 74.0 Å². The second kappa shape index (κ2) is 19.5. The Labute approximate surface area is 409 Å². The number of carbonyl (C=O) groups is 4. The van der Waals surface area contributed by atoms with Gasteiger partial charge in [-0.25, -0.2) is 4.39 Å². The van der Waals surface area contributed by atoms with Gasteiger partial charge in [-0.1, -0.05) is 44.2 Å². The lowest BCUT2D eigenvalue weighted by Crippen LogP contribution is -2.49. The van der Waals surface area contributed by atoms with Crippen LogP contribution in [-0.2, 0) is 16.1 Å². The SMILES string of the molecule is CC(C)c1cnn2c(NCc3ccccc3-c3nccc4cc(N5CCC(CN6CCN(c7cc8c(cc7F)C(=O)N(C7CCC(=O)N=NC7=O)C8=O)CC6)CC5)ccc34)nc(O[C@@H]3CCCNC3)nc12. The van der Waals surface area contributed by atoms with Crippen molar-refractivity contribution in [2.45, 2.75) is 77.0 Å². The van der Waals surface area contributed by atoms with Gasteiger partial charge in [0, 0.05) is 93.7 Å². The third-order valence-corrected chi connectivity index (χ3v) is 14.7. The average molecular weight is 962 g/mol. The lowest BCUT2D eigenvalue weighted by Gasteiger charge is -2.40. The van der Waals surface area contributed by atoms with Crippen LogP contribution < -0.4 is 25.2 Å². The first-order valence-corrected chi connectivity index (χ1v) is 24.8. The summed E-state index contributed by atoms with van der Waals surface area (Å²) in [6.45, 7) is 11.9. The zero-order chi connectivity index (χ0) is 48.8. The Morgan fingerprint density at radius 3 is 2.44 bits per heavy atom. The number of benzene rings is 3. The van der Waals surface area contributed by atoms with E-state index in [2.05, 4.69) is 86.0 Å². The molecule has 2 atom stereocenters. The molecule has 19 heteroatoms. The van der Waals surface area contributed by atoms with Crippen molar-refractivity contribution in [2.24, 2.45) is 16.1 Å². The number of imide groups is 1. The molecule has 3 aromatic carbocycles. The fourth-order valence-electron chi connectivity index (χ4n) is 10.7. The summed E-state index contributed by atoms with van der Waals surface area (Å²) < 4.78 is 23.7. The maximum absolute atomic E-state index is 15.6. The van der Waals surface area contributed by atoms with Crippen molar-refractivity contribution >= 4 is 57.4 Å². The Morgan fingerprint density at radius 2 is 1.65 bits per heavy atom. The highest BCUT2D eigenvalue weighted by molar-refractivity contribution is 6.23. The maximum atomic E-state index is 15.6. The van der Waals surface area contributed by atoms with E-state index in [0.29, 0.717) is 37.5 Å². The minimum absolute atomic E-state index is 0.00888. The van der Waals surface area contributed by atoms with Crippen molar-refractivity contribution in [3.05, 3.63) is 101 Å². The van der Waals surface area contributed by atoms with Gasteiger partial charge in [-0.15, -0.1) is 10.2 Å². The van der Waals surface area contributed by atoms with Crippen LogP contribution >= 0.6 is 0 Å². The molecule has 0 radical (unpaired) electrons. The van der Waals surface area contributed by atoms with Gasteiger partial charge in [0.25, 0.3) is 23.6 Å². The number of aromatic nitrogens is 5. The van der Waals surface area contributed by atoms with E-state index in [0.717, 1.165) is 121 Å². The Bertz CT molecular complexity index is 3080. The normalized spacial score (nSPS) is 20.4. The fraction of sp³-hybridized carbons (Fsp3) is 0.423. The molecule has 0 saturated carbocycles. The number of nitrogens with one attached hydrogen (secondary N) is 2. The Morgan fingerprint density at radius 1 is 0.845 bits per heavy atom. The van der Waals surface area contributed by atoms with Gasteiger partial charge in [-0.3, -0.25) is 34.0 Å². The van der Waals surface area contributed by atoms with E-state index in [1.807, 2.05) is 29.4 Å². The number of rotatable bonds is 12. The molecule has 5 aliphatic rings. The zero-order valence-corrected chi connectivity index (χ0v) is 39.9. The maximum Gasteiger partial charge on any atom is 0.322 e. The van der Waals surface area contributed by atoms with Crippen LogP contribution in [0.1, 0.15) is 90.1 Å². The molecule has 5 aliphatic heterocycles. The first kappa shape index (κ1) is 46.2. The number of piperazine rings is 1. The first-order valence-electron chi connectivity index (χ1n) is 24.8. The lowest BCUT2D eigenvalue weighted by atomic mass is 9.95. The van der Waals surface area contributed by atoms with Gasteiger partial charge in [-0.2, -0.15) is 19.6 Å². The number of azo groups is 1. The highest BCUT2D eigenvalue weighted by Crippen LogP contribution is 2.36. The van der Waals surface area contributed by atoms with Crippen molar-refractivity contribution in [1.29, 1.82) is 0 Å².